The van der Waals surface area contributed by atoms with Crippen LogP contribution >= 0.6 is 11.6 Å². The van der Waals surface area contributed by atoms with E-state index in [9.17, 15) is 4.79 Å². The molecule has 78 valence electrons. The Labute approximate surface area is 92.1 Å². The van der Waals surface area contributed by atoms with E-state index in [0.717, 1.165) is 5.56 Å². The molecule has 0 bridgehead atoms. The lowest BCUT2D eigenvalue weighted by Crippen LogP contribution is -2.26. The highest BCUT2D eigenvalue weighted by atomic mass is 35.5. The molecule has 1 amide bonds. The number of carbonyl (C=O) groups is 1. The van der Waals surface area contributed by atoms with Gasteiger partial charge in [-0.3, -0.25) is 0 Å². The molecule has 0 aliphatic heterocycles. The molecule has 2 N–H and O–H groups in total. The number of nitrogens with one attached hydrogen (secondary N) is 1. The summed E-state index contributed by atoms with van der Waals surface area (Å²) in [6, 6.07) is 8.12. The van der Waals surface area contributed by atoms with Crippen molar-refractivity contribution in [3.63, 3.8) is 0 Å². The summed E-state index contributed by atoms with van der Waals surface area (Å²) in [5.41, 5.74) is 0.725. The van der Waals surface area contributed by atoms with Gasteiger partial charge in [0.2, 0.25) is 0 Å². The molecule has 5 heteroatoms. The van der Waals surface area contributed by atoms with Crippen LogP contribution in [0.2, 0.25) is 5.02 Å². The maximum absolute atomic E-state index is 10.5. The van der Waals surface area contributed by atoms with Gasteiger partial charge in [-0.2, -0.15) is 5.26 Å². The molecule has 4 nitrogen and oxygen atoms in total. The molecule has 0 spiro atoms. The zero-order valence-electron chi connectivity index (χ0n) is 7.77. The van der Waals surface area contributed by atoms with E-state index in [0.29, 0.717) is 5.02 Å². The molecule has 1 atom stereocenters. The van der Waals surface area contributed by atoms with Crippen LogP contribution < -0.4 is 5.32 Å². The summed E-state index contributed by atoms with van der Waals surface area (Å²) >= 11 is 5.70. The van der Waals surface area contributed by atoms with Crippen LogP contribution in [0.1, 0.15) is 18.0 Å². The van der Waals surface area contributed by atoms with Crippen LogP contribution in [0.25, 0.3) is 0 Å². The maximum Gasteiger partial charge on any atom is 0.405 e. The number of nitriles is 1. The number of nitrogens with zero attached hydrogens (tertiary/aromatic N) is 1. The predicted molar refractivity (Wildman–Crippen MR) is 55.6 cm³/mol. The molecular weight excluding hydrogens is 216 g/mol. The SMILES string of the molecule is N#CCC(NC(=O)O)c1ccc(Cl)cc1. The molecule has 1 aromatic rings. The Morgan fingerprint density at radius 1 is 1.53 bits per heavy atom. The first-order chi connectivity index (χ1) is 7.13. The Kier molecular flexibility index (Phi) is 3.95. The molecule has 0 fully saturated rings. The number of halogens is 1. The molecule has 1 aromatic carbocycles. The van der Waals surface area contributed by atoms with Gasteiger partial charge in [0.1, 0.15) is 0 Å². The van der Waals surface area contributed by atoms with Gasteiger partial charge >= 0.3 is 6.09 Å². The number of rotatable bonds is 3. The molecule has 0 heterocycles. The van der Waals surface area contributed by atoms with Gasteiger partial charge in [-0.05, 0) is 17.7 Å². The first kappa shape index (κ1) is 11.3. The molecule has 0 saturated heterocycles. The molecule has 1 rings (SSSR count). The average Bonchev–Trinajstić information content (AvgIpc) is 2.17. The number of hydrogen-bond donors (Lipinski definition) is 2. The van der Waals surface area contributed by atoms with E-state index in [2.05, 4.69) is 5.32 Å². The summed E-state index contributed by atoms with van der Waals surface area (Å²) < 4.78 is 0. The van der Waals surface area contributed by atoms with Crippen LogP contribution in [0.15, 0.2) is 24.3 Å². The fourth-order valence-electron chi connectivity index (χ4n) is 1.19. The molecule has 0 aliphatic carbocycles. The zero-order valence-corrected chi connectivity index (χ0v) is 8.53. The highest BCUT2D eigenvalue weighted by Gasteiger charge is 2.12. The minimum absolute atomic E-state index is 0.0912. The third-order valence-corrected chi connectivity index (χ3v) is 2.12. The van der Waals surface area contributed by atoms with Gasteiger partial charge in [-0.25, -0.2) is 4.79 Å². The molecule has 0 saturated carbocycles. The van der Waals surface area contributed by atoms with E-state index in [4.69, 9.17) is 22.0 Å². The van der Waals surface area contributed by atoms with Gasteiger partial charge < -0.3 is 10.4 Å². The molecule has 1 unspecified atom stereocenters. The van der Waals surface area contributed by atoms with E-state index in [1.54, 1.807) is 24.3 Å². The number of amides is 1. The summed E-state index contributed by atoms with van der Waals surface area (Å²) in [5.74, 6) is 0. The zero-order chi connectivity index (χ0) is 11.3. The fourth-order valence-corrected chi connectivity index (χ4v) is 1.31. The molecule has 0 radical (unpaired) electrons. The Hall–Kier alpha value is -1.73. The smallest absolute Gasteiger partial charge is 0.405 e. The molecule has 0 aliphatic rings. The Morgan fingerprint density at radius 3 is 2.60 bits per heavy atom. The highest BCUT2D eigenvalue weighted by Crippen LogP contribution is 2.18. The summed E-state index contributed by atoms with van der Waals surface area (Å²) in [7, 11) is 0. The van der Waals surface area contributed by atoms with Gasteiger partial charge in [0.25, 0.3) is 0 Å². The van der Waals surface area contributed by atoms with Gasteiger partial charge in [0.15, 0.2) is 0 Å². The van der Waals surface area contributed by atoms with E-state index in [1.807, 2.05) is 6.07 Å². The molecule has 15 heavy (non-hydrogen) atoms. The van der Waals surface area contributed by atoms with Crippen molar-refractivity contribution in [1.29, 1.82) is 5.26 Å². The second-order valence-corrected chi connectivity index (χ2v) is 3.35. The predicted octanol–water partition coefficient (Wildman–Crippen LogP) is 2.56. The normalized spacial score (nSPS) is 11.5. The Morgan fingerprint density at radius 2 is 2.13 bits per heavy atom. The minimum atomic E-state index is -1.15. The lowest BCUT2D eigenvalue weighted by molar-refractivity contribution is 0.190. The van der Waals surface area contributed by atoms with Crippen LogP contribution in [-0.2, 0) is 0 Å². The van der Waals surface area contributed by atoms with Crippen molar-refractivity contribution in [1.82, 2.24) is 5.32 Å². The fraction of sp³-hybridized carbons (Fsp3) is 0.200. The maximum atomic E-state index is 10.5. The van der Waals surface area contributed by atoms with Crippen molar-refractivity contribution in [3.05, 3.63) is 34.9 Å². The quantitative estimate of drug-likeness (QED) is 0.829. The van der Waals surface area contributed by atoms with Crippen molar-refractivity contribution in [3.8, 4) is 6.07 Å². The van der Waals surface area contributed by atoms with Crippen LogP contribution in [0.3, 0.4) is 0 Å². The second kappa shape index (κ2) is 5.23. The van der Waals surface area contributed by atoms with E-state index < -0.39 is 12.1 Å². The second-order valence-electron chi connectivity index (χ2n) is 2.92. The lowest BCUT2D eigenvalue weighted by Gasteiger charge is -2.13. The first-order valence-electron chi connectivity index (χ1n) is 4.25. The van der Waals surface area contributed by atoms with Crippen LogP contribution in [-0.4, -0.2) is 11.2 Å². The third-order valence-electron chi connectivity index (χ3n) is 1.87. The van der Waals surface area contributed by atoms with Crippen LogP contribution in [0.4, 0.5) is 4.79 Å². The largest absolute Gasteiger partial charge is 0.465 e. The highest BCUT2D eigenvalue weighted by molar-refractivity contribution is 6.30. The van der Waals surface area contributed by atoms with Crippen molar-refractivity contribution >= 4 is 17.7 Å². The number of carboxylic acid groups (broad SMARTS) is 1. The van der Waals surface area contributed by atoms with Crippen molar-refractivity contribution in [2.45, 2.75) is 12.5 Å². The monoisotopic (exact) mass is 224 g/mol. The standard InChI is InChI=1S/C10H9ClN2O2/c11-8-3-1-7(2-4-8)9(5-6-12)13-10(14)15/h1-4,9,13H,5H2,(H,14,15). The van der Waals surface area contributed by atoms with Gasteiger partial charge in [-0.15, -0.1) is 0 Å². The van der Waals surface area contributed by atoms with Crippen LogP contribution in [0, 0.1) is 11.3 Å². The summed E-state index contributed by atoms with van der Waals surface area (Å²) in [6.45, 7) is 0. The van der Waals surface area contributed by atoms with E-state index in [-0.39, 0.29) is 6.42 Å². The Bertz CT molecular complexity index is 383. The topological polar surface area (TPSA) is 73.1 Å². The van der Waals surface area contributed by atoms with E-state index in [1.165, 1.54) is 0 Å². The van der Waals surface area contributed by atoms with E-state index >= 15 is 0 Å². The molecule has 0 aromatic heterocycles. The van der Waals surface area contributed by atoms with Crippen molar-refractivity contribution < 1.29 is 9.90 Å². The van der Waals surface area contributed by atoms with Gasteiger partial charge in [0, 0.05) is 5.02 Å². The summed E-state index contributed by atoms with van der Waals surface area (Å²) in [5, 5.41) is 20.0. The Balaban J connectivity index is 2.84. The van der Waals surface area contributed by atoms with Gasteiger partial charge in [-0.1, -0.05) is 23.7 Å². The van der Waals surface area contributed by atoms with Crippen molar-refractivity contribution in [2.24, 2.45) is 0 Å². The third kappa shape index (κ3) is 3.49. The van der Waals surface area contributed by atoms with Gasteiger partial charge in [0.05, 0.1) is 18.5 Å². The number of benzene rings is 1. The summed E-state index contributed by atoms with van der Waals surface area (Å²) in [6.07, 6.45) is -1.06. The first-order valence-corrected chi connectivity index (χ1v) is 4.63. The minimum Gasteiger partial charge on any atom is -0.465 e. The number of hydrogen-bond acceptors (Lipinski definition) is 2. The van der Waals surface area contributed by atoms with Crippen molar-refractivity contribution in [2.75, 3.05) is 0 Å². The van der Waals surface area contributed by atoms with Crippen LogP contribution in [0.5, 0.6) is 0 Å². The summed E-state index contributed by atoms with van der Waals surface area (Å²) in [4.78, 5) is 10.5. The molecular formula is C10H9ClN2O2. The lowest BCUT2D eigenvalue weighted by atomic mass is 10.0. The average molecular weight is 225 g/mol.